The molecule has 4 heterocycles. The molecule has 3 aromatic rings. The van der Waals surface area contributed by atoms with Crippen LogP contribution in [0.1, 0.15) is 37.1 Å². The van der Waals surface area contributed by atoms with Crippen LogP contribution in [0.5, 0.6) is 0 Å². The highest BCUT2D eigenvalue weighted by molar-refractivity contribution is 6.35. The lowest BCUT2D eigenvalue weighted by molar-refractivity contribution is 0.122. The van der Waals surface area contributed by atoms with E-state index in [1.54, 1.807) is 6.07 Å². The van der Waals surface area contributed by atoms with Gasteiger partial charge in [0.1, 0.15) is 0 Å². The quantitative estimate of drug-likeness (QED) is 0.567. The number of hydrogen-bond donors (Lipinski definition) is 1. The number of likely N-dealkylation sites (tertiary alicyclic amines) is 1. The van der Waals surface area contributed by atoms with Gasteiger partial charge in [0.15, 0.2) is 11.2 Å². The summed E-state index contributed by atoms with van der Waals surface area (Å²) in [6.07, 6.45) is 2.56. The first kappa shape index (κ1) is 22.8. The van der Waals surface area contributed by atoms with E-state index in [2.05, 4.69) is 20.1 Å². The number of anilines is 1. The molecule has 5 rings (SSSR count). The molecule has 2 aliphatic rings. The van der Waals surface area contributed by atoms with E-state index in [0.717, 1.165) is 67.0 Å². The minimum atomic E-state index is -0.137. The Balaban J connectivity index is 1.35. The van der Waals surface area contributed by atoms with Gasteiger partial charge in [0.2, 0.25) is 5.95 Å². The number of benzene rings is 1. The van der Waals surface area contributed by atoms with Crippen LogP contribution in [-0.2, 0) is 0 Å². The minimum Gasteiger partial charge on any atom is -0.340 e. The lowest BCUT2D eigenvalue weighted by Gasteiger charge is -2.46. The summed E-state index contributed by atoms with van der Waals surface area (Å²) in [5.41, 5.74) is 8.98. The third-order valence-corrected chi connectivity index (χ3v) is 7.67. The highest BCUT2D eigenvalue weighted by atomic mass is 35.5. The van der Waals surface area contributed by atoms with E-state index in [4.69, 9.17) is 38.9 Å². The average Bonchev–Trinajstić information content (AvgIpc) is 3.17. The first-order valence-electron chi connectivity index (χ1n) is 11.7. The van der Waals surface area contributed by atoms with E-state index in [1.807, 2.05) is 30.7 Å². The molecule has 0 spiro atoms. The highest BCUT2D eigenvalue weighted by Crippen LogP contribution is 2.34. The average molecular weight is 489 g/mol. The number of piperidine rings is 1. The molecule has 1 aromatic carbocycles. The predicted molar refractivity (Wildman–Crippen MR) is 132 cm³/mol. The Morgan fingerprint density at radius 1 is 1.15 bits per heavy atom. The molecule has 0 aliphatic carbocycles. The van der Waals surface area contributed by atoms with Gasteiger partial charge in [0.25, 0.3) is 0 Å². The zero-order chi connectivity index (χ0) is 23.1. The van der Waals surface area contributed by atoms with Crippen LogP contribution in [0.15, 0.2) is 18.2 Å². The van der Waals surface area contributed by atoms with Crippen molar-refractivity contribution in [2.75, 3.05) is 44.2 Å². The number of aromatic nitrogens is 5. The number of rotatable bonds is 6. The maximum atomic E-state index is 6.46. The third-order valence-electron chi connectivity index (χ3n) is 7.11. The highest BCUT2D eigenvalue weighted by Gasteiger charge is 2.37. The van der Waals surface area contributed by atoms with E-state index in [-0.39, 0.29) is 6.04 Å². The van der Waals surface area contributed by atoms with E-state index >= 15 is 0 Å². The molecule has 2 saturated heterocycles. The second-order valence-corrected chi connectivity index (χ2v) is 10.2. The van der Waals surface area contributed by atoms with Crippen LogP contribution in [0.2, 0.25) is 10.0 Å². The summed E-state index contributed by atoms with van der Waals surface area (Å²) in [5.74, 6) is 2.16. The standard InChI is InChI=1S/C23H30Cl2N8/c1-14-21-22(33(30-29-21)15(2)19-6-5-18(24)10-20(19)25)28-23(27-14)32-12-17(13-32)16-4-3-8-31(11-16)9-7-26/h5-6,10,15-17H,3-4,7-9,11-13,26H2,1-2H3/t15-,16+/m1/s1. The van der Waals surface area contributed by atoms with Gasteiger partial charge in [0, 0.05) is 42.8 Å². The van der Waals surface area contributed by atoms with E-state index in [1.165, 1.54) is 19.4 Å². The number of nitrogens with zero attached hydrogens (tertiary/aromatic N) is 7. The molecule has 2 aliphatic heterocycles. The summed E-state index contributed by atoms with van der Waals surface area (Å²) < 4.78 is 1.83. The maximum absolute atomic E-state index is 6.46. The van der Waals surface area contributed by atoms with Gasteiger partial charge in [-0.25, -0.2) is 9.67 Å². The molecule has 2 aromatic heterocycles. The van der Waals surface area contributed by atoms with Gasteiger partial charge >= 0.3 is 0 Å². The van der Waals surface area contributed by atoms with Gasteiger partial charge < -0.3 is 15.5 Å². The van der Waals surface area contributed by atoms with Gasteiger partial charge in [-0.05, 0) is 62.8 Å². The van der Waals surface area contributed by atoms with E-state index in [0.29, 0.717) is 16.0 Å². The molecule has 2 N–H and O–H groups in total. The van der Waals surface area contributed by atoms with Crippen molar-refractivity contribution in [3.8, 4) is 0 Å². The molecule has 8 nitrogen and oxygen atoms in total. The lowest BCUT2D eigenvalue weighted by atomic mass is 9.81. The molecule has 0 unspecified atom stereocenters. The number of fused-ring (bicyclic) bond motifs is 1. The zero-order valence-corrected chi connectivity index (χ0v) is 20.6. The second-order valence-electron chi connectivity index (χ2n) is 9.31. The molecule has 0 amide bonds. The molecule has 2 fully saturated rings. The summed E-state index contributed by atoms with van der Waals surface area (Å²) >= 11 is 12.5. The van der Waals surface area contributed by atoms with Crippen LogP contribution >= 0.6 is 23.2 Å². The normalized spacial score (nSPS) is 20.9. The Morgan fingerprint density at radius 3 is 2.73 bits per heavy atom. The monoisotopic (exact) mass is 488 g/mol. The van der Waals surface area contributed by atoms with Crippen molar-refractivity contribution in [3.05, 3.63) is 39.5 Å². The fourth-order valence-corrected chi connectivity index (χ4v) is 5.73. The number of hydrogen-bond acceptors (Lipinski definition) is 7. The third kappa shape index (κ3) is 4.41. The number of nitrogens with two attached hydrogens (primary N) is 1. The molecule has 0 radical (unpaired) electrons. The van der Waals surface area contributed by atoms with Crippen LogP contribution in [0.3, 0.4) is 0 Å². The Kier molecular flexibility index (Phi) is 6.44. The fraction of sp³-hybridized carbons (Fsp3) is 0.565. The molecular formula is C23H30Cl2N8. The van der Waals surface area contributed by atoms with Crippen molar-refractivity contribution in [2.45, 2.75) is 32.7 Å². The van der Waals surface area contributed by atoms with Crippen molar-refractivity contribution in [1.82, 2.24) is 29.9 Å². The first-order valence-corrected chi connectivity index (χ1v) is 12.4. The molecule has 10 heteroatoms. The lowest BCUT2D eigenvalue weighted by Crippen LogP contribution is -2.54. The van der Waals surface area contributed by atoms with Crippen LogP contribution in [0, 0.1) is 18.8 Å². The summed E-state index contributed by atoms with van der Waals surface area (Å²) in [4.78, 5) is 14.4. The van der Waals surface area contributed by atoms with E-state index < -0.39 is 0 Å². The Hall–Kier alpha value is -2.00. The zero-order valence-electron chi connectivity index (χ0n) is 19.1. The topological polar surface area (TPSA) is 89.0 Å². The van der Waals surface area contributed by atoms with Gasteiger partial charge in [-0.1, -0.05) is 34.5 Å². The van der Waals surface area contributed by atoms with Crippen molar-refractivity contribution in [2.24, 2.45) is 17.6 Å². The van der Waals surface area contributed by atoms with Gasteiger partial charge in [-0.2, -0.15) is 4.98 Å². The second kappa shape index (κ2) is 9.33. The molecular weight excluding hydrogens is 459 g/mol. The van der Waals surface area contributed by atoms with Gasteiger partial charge in [-0.3, -0.25) is 0 Å². The van der Waals surface area contributed by atoms with Crippen molar-refractivity contribution in [3.63, 3.8) is 0 Å². The minimum absolute atomic E-state index is 0.137. The molecule has 176 valence electrons. The molecule has 0 bridgehead atoms. The number of halogens is 2. The Bertz CT molecular complexity index is 1140. The molecule has 0 saturated carbocycles. The van der Waals surface area contributed by atoms with Crippen LogP contribution in [-0.4, -0.2) is 69.1 Å². The van der Waals surface area contributed by atoms with Crippen LogP contribution < -0.4 is 10.6 Å². The summed E-state index contributed by atoms with van der Waals surface area (Å²) in [7, 11) is 0. The maximum Gasteiger partial charge on any atom is 0.227 e. The van der Waals surface area contributed by atoms with Crippen LogP contribution in [0.4, 0.5) is 5.95 Å². The Morgan fingerprint density at radius 2 is 1.97 bits per heavy atom. The smallest absolute Gasteiger partial charge is 0.227 e. The van der Waals surface area contributed by atoms with Crippen molar-refractivity contribution < 1.29 is 0 Å². The Labute approximate surface area is 204 Å². The van der Waals surface area contributed by atoms with Gasteiger partial charge in [0.05, 0.1) is 11.7 Å². The predicted octanol–water partition coefficient (Wildman–Crippen LogP) is 3.55. The number of aryl methyl sites for hydroxylation is 1. The SMILES string of the molecule is Cc1nc(N2CC([C@H]3CCCN(CCN)C3)C2)nc2c1nnn2[C@H](C)c1ccc(Cl)cc1Cl. The molecule has 2 atom stereocenters. The molecule has 33 heavy (non-hydrogen) atoms. The summed E-state index contributed by atoms with van der Waals surface area (Å²) in [6, 6.07) is 5.38. The first-order chi connectivity index (χ1) is 15.9. The van der Waals surface area contributed by atoms with E-state index in [9.17, 15) is 0 Å². The van der Waals surface area contributed by atoms with Crippen molar-refractivity contribution in [1.29, 1.82) is 0 Å². The largest absolute Gasteiger partial charge is 0.340 e. The summed E-state index contributed by atoms with van der Waals surface area (Å²) in [6.45, 7) is 10.1. The van der Waals surface area contributed by atoms with Gasteiger partial charge in [-0.15, -0.1) is 5.10 Å². The van der Waals surface area contributed by atoms with Crippen molar-refractivity contribution >= 4 is 40.3 Å². The van der Waals surface area contributed by atoms with Crippen LogP contribution in [0.25, 0.3) is 11.2 Å². The fourth-order valence-electron chi connectivity index (χ4n) is 5.16. The summed E-state index contributed by atoms with van der Waals surface area (Å²) in [5, 5.41) is 9.96.